The molecule has 2 heterocycles. The van der Waals surface area contributed by atoms with E-state index < -0.39 is 0 Å². The third-order valence-corrected chi connectivity index (χ3v) is 4.00. The molecule has 2 aliphatic heterocycles. The van der Waals surface area contributed by atoms with Crippen LogP contribution in [0.1, 0.15) is 19.8 Å². The van der Waals surface area contributed by atoms with Gasteiger partial charge in [0.1, 0.15) is 5.78 Å². The summed E-state index contributed by atoms with van der Waals surface area (Å²) in [6.45, 7) is 10.1. The Morgan fingerprint density at radius 2 is 1.59 bits per heavy atom. The summed E-state index contributed by atoms with van der Waals surface area (Å²) in [4.78, 5) is 16.2. The molecule has 17 heavy (non-hydrogen) atoms. The van der Waals surface area contributed by atoms with Gasteiger partial charge in [-0.3, -0.25) is 9.69 Å². The van der Waals surface area contributed by atoms with E-state index in [1.165, 1.54) is 0 Å². The lowest BCUT2D eigenvalue weighted by atomic mass is 9.93. The van der Waals surface area contributed by atoms with Gasteiger partial charge in [-0.25, -0.2) is 0 Å². The van der Waals surface area contributed by atoms with Gasteiger partial charge in [-0.15, -0.1) is 0 Å². The van der Waals surface area contributed by atoms with Crippen LogP contribution in [0, 0.1) is 5.92 Å². The monoisotopic (exact) mass is 240 g/mol. The van der Waals surface area contributed by atoms with Gasteiger partial charge in [-0.05, 0) is 32.9 Å². The van der Waals surface area contributed by atoms with E-state index in [2.05, 4.69) is 9.80 Å². The van der Waals surface area contributed by atoms with Crippen LogP contribution in [0.5, 0.6) is 0 Å². The van der Waals surface area contributed by atoms with Gasteiger partial charge in [0.2, 0.25) is 0 Å². The molecule has 0 bridgehead atoms. The first-order valence-corrected chi connectivity index (χ1v) is 6.78. The van der Waals surface area contributed by atoms with Crippen molar-refractivity contribution in [3.05, 3.63) is 0 Å². The molecule has 0 atom stereocenters. The number of nitrogens with zero attached hydrogens (tertiary/aromatic N) is 2. The summed E-state index contributed by atoms with van der Waals surface area (Å²) in [5, 5.41) is 0. The highest BCUT2D eigenvalue weighted by Crippen LogP contribution is 2.17. The molecule has 0 spiro atoms. The van der Waals surface area contributed by atoms with E-state index in [1.807, 2.05) is 0 Å². The maximum absolute atomic E-state index is 11.3. The van der Waals surface area contributed by atoms with Gasteiger partial charge in [-0.1, -0.05) is 0 Å². The molecular weight excluding hydrogens is 216 g/mol. The fraction of sp³-hybridized carbons (Fsp3) is 0.923. The van der Waals surface area contributed by atoms with Crippen molar-refractivity contribution < 1.29 is 9.53 Å². The van der Waals surface area contributed by atoms with Crippen LogP contribution in [-0.2, 0) is 9.53 Å². The number of carbonyl (C=O) groups excluding carboxylic acids is 1. The van der Waals surface area contributed by atoms with Gasteiger partial charge in [0.25, 0.3) is 0 Å². The molecule has 0 aromatic rings. The Morgan fingerprint density at radius 1 is 1.06 bits per heavy atom. The van der Waals surface area contributed by atoms with Gasteiger partial charge in [0.05, 0.1) is 13.2 Å². The van der Waals surface area contributed by atoms with Crippen molar-refractivity contribution >= 4 is 5.78 Å². The van der Waals surface area contributed by atoms with Gasteiger partial charge >= 0.3 is 0 Å². The number of ketones is 1. The second kappa shape index (κ2) is 6.47. The van der Waals surface area contributed by atoms with Crippen molar-refractivity contribution in [3.8, 4) is 0 Å². The number of piperidine rings is 1. The van der Waals surface area contributed by atoms with Crippen molar-refractivity contribution in [1.82, 2.24) is 9.80 Å². The number of likely N-dealkylation sites (tertiary alicyclic amines) is 1. The highest BCUT2D eigenvalue weighted by Gasteiger charge is 2.22. The van der Waals surface area contributed by atoms with Crippen LogP contribution in [0.2, 0.25) is 0 Å². The molecule has 0 radical (unpaired) electrons. The molecule has 0 aromatic heterocycles. The Bertz CT molecular complexity index is 244. The summed E-state index contributed by atoms with van der Waals surface area (Å²) < 4.78 is 5.34. The SMILES string of the molecule is CC(=O)C1CCN(CCN2CCOCC2)CC1. The summed E-state index contributed by atoms with van der Waals surface area (Å²) >= 11 is 0. The Hall–Kier alpha value is -0.450. The molecule has 2 aliphatic rings. The molecule has 0 amide bonds. The van der Waals surface area contributed by atoms with Crippen molar-refractivity contribution in [2.45, 2.75) is 19.8 Å². The molecule has 4 heteroatoms. The normalized spacial score (nSPS) is 25.0. The number of carbonyl (C=O) groups is 1. The van der Waals surface area contributed by atoms with Gasteiger partial charge in [0, 0.05) is 32.1 Å². The van der Waals surface area contributed by atoms with Gasteiger partial charge in [0.15, 0.2) is 0 Å². The summed E-state index contributed by atoms with van der Waals surface area (Å²) in [6.07, 6.45) is 2.11. The Morgan fingerprint density at radius 3 is 2.12 bits per heavy atom. The smallest absolute Gasteiger partial charge is 0.133 e. The second-order valence-electron chi connectivity index (χ2n) is 5.18. The number of hydrogen-bond acceptors (Lipinski definition) is 4. The molecule has 0 saturated carbocycles. The van der Waals surface area contributed by atoms with E-state index in [9.17, 15) is 4.79 Å². The summed E-state index contributed by atoms with van der Waals surface area (Å²) in [5.74, 6) is 0.701. The molecule has 2 fully saturated rings. The first-order valence-electron chi connectivity index (χ1n) is 6.78. The molecule has 4 nitrogen and oxygen atoms in total. The minimum absolute atomic E-state index is 0.328. The van der Waals surface area contributed by atoms with E-state index in [0.29, 0.717) is 11.7 Å². The van der Waals surface area contributed by atoms with Crippen LogP contribution >= 0.6 is 0 Å². The molecule has 0 unspecified atom stereocenters. The molecule has 2 saturated heterocycles. The van der Waals surface area contributed by atoms with E-state index in [0.717, 1.165) is 65.3 Å². The zero-order valence-electron chi connectivity index (χ0n) is 10.9. The van der Waals surface area contributed by atoms with E-state index in [1.54, 1.807) is 6.92 Å². The first kappa shape index (κ1) is 13.0. The summed E-state index contributed by atoms with van der Waals surface area (Å²) in [6, 6.07) is 0. The highest BCUT2D eigenvalue weighted by molar-refractivity contribution is 5.78. The largest absolute Gasteiger partial charge is 0.379 e. The fourth-order valence-electron chi connectivity index (χ4n) is 2.67. The Balaban J connectivity index is 1.62. The van der Waals surface area contributed by atoms with Crippen molar-refractivity contribution in [2.75, 3.05) is 52.5 Å². The van der Waals surface area contributed by atoms with Crippen LogP contribution < -0.4 is 0 Å². The van der Waals surface area contributed by atoms with Crippen LogP contribution in [0.4, 0.5) is 0 Å². The number of morpholine rings is 1. The Labute approximate surface area is 104 Å². The van der Waals surface area contributed by atoms with E-state index in [-0.39, 0.29) is 0 Å². The van der Waals surface area contributed by atoms with Gasteiger partial charge in [-0.2, -0.15) is 0 Å². The number of hydrogen-bond donors (Lipinski definition) is 0. The minimum Gasteiger partial charge on any atom is -0.379 e. The minimum atomic E-state index is 0.328. The lowest BCUT2D eigenvalue weighted by Crippen LogP contribution is -2.44. The summed E-state index contributed by atoms with van der Waals surface area (Å²) in [7, 11) is 0. The third-order valence-electron chi connectivity index (χ3n) is 4.00. The fourth-order valence-corrected chi connectivity index (χ4v) is 2.67. The summed E-state index contributed by atoms with van der Waals surface area (Å²) in [5.41, 5.74) is 0. The molecule has 98 valence electrons. The quantitative estimate of drug-likeness (QED) is 0.721. The average molecular weight is 240 g/mol. The second-order valence-corrected chi connectivity index (χ2v) is 5.18. The maximum Gasteiger partial charge on any atom is 0.133 e. The number of ether oxygens (including phenoxy) is 1. The highest BCUT2D eigenvalue weighted by atomic mass is 16.5. The van der Waals surface area contributed by atoms with E-state index >= 15 is 0 Å². The van der Waals surface area contributed by atoms with Crippen molar-refractivity contribution in [3.63, 3.8) is 0 Å². The van der Waals surface area contributed by atoms with E-state index in [4.69, 9.17) is 4.74 Å². The van der Waals surface area contributed by atoms with Crippen molar-refractivity contribution in [1.29, 1.82) is 0 Å². The Kier molecular flexibility index (Phi) is 4.95. The van der Waals surface area contributed by atoms with Gasteiger partial charge < -0.3 is 9.64 Å². The standard InChI is InChI=1S/C13H24N2O2/c1-12(16)13-2-4-14(5-3-13)6-7-15-8-10-17-11-9-15/h13H,2-11H2,1H3. The lowest BCUT2D eigenvalue weighted by molar-refractivity contribution is -0.122. The predicted molar refractivity (Wildman–Crippen MR) is 67.1 cm³/mol. The van der Waals surface area contributed by atoms with Crippen LogP contribution in [0.3, 0.4) is 0 Å². The molecule has 2 rings (SSSR count). The predicted octanol–water partition coefficient (Wildman–Crippen LogP) is 0.620. The number of rotatable bonds is 4. The third kappa shape index (κ3) is 4.05. The molecule has 0 aromatic carbocycles. The number of Topliss-reactive ketones (excluding diaryl/α,β-unsaturated/α-hetero) is 1. The molecular formula is C13H24N2O2. The average Bonchev–Trinajstić information content (AvgIpc) is 2.38. The van der Waals surface area contributed by atoms with Crippen LogP contribution in [0.15, 0.2) is 0 Å². The zero-order valence-corrected chi connectivity index (χ0v) is 10.9. The maximum atomic E-state index is 11.3. The molecule has 0 N–H and O–H groups in total. The topological polar surface area (TPSA) is 32.8 Å². The van der Waals surface area contributed by atoms with Crippen LogP contribution in [-0.4, -0.2) is 68.1 Å². The first-order chi connectivity index (χ1) is 8.25. The van der Waals surface area contributed by atoms with Crippen LogP contribution in [0.25, 0.3) is 0 Å². The van der Waals surface area contributed by atoms with Crippen molar-refractivity contribution in [2.24, 2.45) is 5.92 Å². The molecule has 0 aliphatic carbocycles. The zero-order chi connectivity index (χ0) is 12.1. The lowest BCUT2D eigenvalue weighted by Gasteiger charge is -2.33.